The average Bonchev–Trinajstić information content (AvgIpc) is 3.15. The fraction of sp³-hybridized carbons (Fsp3) is 0.211. The van der Waals surface area contributed by atoms with Crippen LogP contribution in [-0.2, 0) is 11.4 Å². The molecular formula is C19H18N4O5S. The summed E-state index contributed by atoms with van der Waals surface area (Å²) in [6.07, 6.45) is 0. The second kappa shape index (κ2) is 9.20. The van der Waals surface area contributed by atoms with E-state index in [1.54, 1.807) is 13.0 Å². The zero-order valence-electron chi connectivity index (χ0n) is 15.7. The summed E-state index contributed by atoms with van der Waals surface area (Å²) < 4.78 is 11.1. The summed E-state index contributed by atoms with van der Waals surface area (Å²) in [5.74, 6) is 0.549. The Labute approximate surface area is 170 Å². The van der Waals surface area contributed by atoms with Crippen molar-refractivity contribution in [3.8, 4) is 5.75 Å². The SMILES string of the molecule is Cc1ccc(NC(=O)CSc2nnc(COc3ccccc3C)o2)c([N+](=O)[O-])c1. The molecule has 0 saturated carbocycles. The van der Waals surface area contributed by atoms with Gasteiger partial charge < -0.3 is 14.5 Å². The molecule has 0 radical (unpaired) electrons. The fourth-order valence-corrected chi connectivity index (χ4v) is 3.01. The van der Waals surface area contributed by atoms with E-state index >= 15 is 0 Å². The summed E-state index contributed by atoms with van der Waals surface area (Å²) in [7, 11) is 0. The first-order chi connectivity index (χ1) is 13.9. The van der Waals surface area contributed by atoms with E-state index in [9.17, 15) is 14.9 Å². The number of carbonyl (C=O) groups is 1. The molecule has 1 N–H and O–H groups in total. The molecule has 0 aliphatic heterocycles. The van der Waals surface area contributed by atoms with E-state index in [1.165, 1.54) is 12.1 Å². The molecule has 0 aliphatic carbocycles. The Morgan fingerprint density at radius 1 is 1.24 bits per heavy atom. The molecule has 29 heavy (non-hydrogen) atoms. The minimum Gasteiger partial charge on any atom is -0.484 e. The second-order valence-electron chi connectivity index (χ2n) is 6.13. The zero-order valence-corrected chi connectivity index (χ0v) is 16.6. The minimum atomic E-state index is -0.533. The molecule has 3 aromatic rings. The van der Waals surface area contributed by atoms with E-state index in [0.29, 0.717) is 0 Å². The van der Waals surface area contributed by atoms with Crippen molar-refractivity contribution in [2.45, 2.75) is 25.7 Å². The van der Waals surface area contributed by atoms with Gasteiger partial charge >= 0.3 is 0 Å². The van der Waals surface area contributed by atoms with Crippen LogP contribution in [-0.4, -0.2) is 26.8 Å². The number of benzene rings is 2. The molecule has 0 fully saturated rings. The Morgan fingerprint density at radius 2 is 2.03 bits per heavy atom. The monoisotopic (exact) mass is 414 g/mol. The van der Waals surface area contributed by atoms with Gasteiger partial charge in [0.05, 0.1) is 10.7 Å². The highest BCUT2D eigenvalue weighted by molar-refractivity contribution is 7.99. The molecule has 0 spiro atoms. The maximum absolute atomic E-state index is 12.1. The van der Waals surface area contributed by atoms with Crippen LogP contribution in [0.1, 0.15) is 17.0 Å². The molecule has 0 atom stereocenters. The van der Waals surface area contributed by atoms with E-state index in [4.69, 9.17) is 9.15 Å². The summed E-state index contributed by atoms with van der Waals surface area (Å²) in [6, 6.07) is 12.2. The number of hydrogen-bond donors (Lipinski definition) is 1. The van der Waals surface area contributed by atoms with Crippen molar-refractivity contribution < 1.29 is 18.9 Å². The number of thioether (sulfide) groups is 1. The highest BCUT2D eigenvalue weighted by Gasteiger charge is 2.17. The number of para-hydroxylation sites is 1. The van der Waals surface area contributed by atoms with Gasteiger partial charge in [0.2, 0.25) is 5.91 Å². The maximum Gasteiger partial charge on any atom is 0.293 e. The molecule has 150 valence electrons. The largest absolute Gasteiger partial charge is 0.484 e. The number of nitro groups is 1. The van der Waals surface area contributed by atoms with Gasteiger partial charge in [-0.2, -0.15) is 0 Å². The lowest BCUT2D eigenvalue weighted by molar-refractivity contribution is -0.384. The van der Waals surface area contributed by atoms with Crippen molar-refractivity contribution in [2.24, 2.45) is 0 Å². The molecule has 0 saturated heterocycles. The molecule has 1 aromatic heterocycles. The van der Waals surface area contributed by atoms with Gasteiger partial charge in [-0.05, 0) is 37.1 Å². The molecule has 10 heteroatoms. The molecule has 0 bridgehead atoms. The van der Waals surface area contributed by atoms with E-state index in [-0.39, 0.29) is 34.8 Å². The number of aryl methyl sites for hydroxylation is 2. The van der Waals surface area contributed by atoms with Crippen molar-refractivity contribution in [3.05, 3.63) is 69.6 Å². The Balaban J connectivity index is 1.53. The minimum absolute atomic E-state index is 0.0364. The van der Waals surface area contributed by atoms with Crippen LogP contribution in [0, 0.1) is 24.0 Å². The predicted molar refractivity (Wildman–Crippen MR) is 107 cm³/mol. The summed E-state index contributed by atoms with van der Waals surface area (Å²) in [5, 5.41) is 21.6. The number of ether oxygens (including phenoxy) is 1. The van der Waals surface area contributed by atoms with E-state index in [0.717, 1.165) is 28.6 Å². The van der Waals surface area contributed by atoms with Gasteiger partial charge in [0, 0.05) is 6.07 Å². The number of rotatable bonds is 8. The topological polar surface area (TPSA) is 120 Å². The zero-order chi connectivity index (χ0) is 20.8. The van der Waals surface area contributed by atoms with Crippen molar-refractivity contribution in [2.75, 3.05) is 11.1 Å². The quantitative estimate of drug-likeness (QED) is 0.335. The normalized spacial score (nSPS) is 10.6. The fourth-order valence-electron chi connectivity index (χ4n) is 2.42. The summed E-state index contributed by atoms with van der Waals surface area (Å²) in [6.45, 7) is 3.78. The van der Waals surface area contributed by atoms with Crippen molar-refractivity contribution in [1.29, 1.82) is 0 Å². The van der Waals surface area contributed by atoms with Gasteiger partial charge in [-0.1, -0.05) is 36.0 Å². The third-order valence-electron chi connectivity index (χ3n) is 3.84. The molecule has 2 aromatic carbocycles. The summed E-state index contributed by atoms with van der Waals surface area (Å²) >= 11 is 1.03. The number of anilines is 1. The predicted octanol–water partition coefficient (Wildman–Crippen LogP) is 3.90. The molecule has 3 rings (SSSR count). The smallest absolute Gasteiger partial charge is 0.293 e. The van der Waals surface area contributed by atoms with Gasteiger partial charge in [0.1, 0.15) is 11.4 Å². The standard InChI is InChI=1S/C19H18N4O5S/c1-12-7-8-14(15(9-12)23(25)26)20-17(24)11-29-19-22-21-18(28-19)10-27-16-6-4-3-5-13(16)2/h3-9H,10-11H2,1-2H3,(H,20,24). The van der Waals surface area contributed by atoms with Gasteiger partial charge in [0.15, 0.2) is 6.61 Å². The number of amides is 1. The maximum atomic E-state index is 12.1. The lowest BCUT2D eigenvalue weighted by atomic mass is 10.2. The van der Waals surface area contributed by atoms with Crippen LogP contribution in [0.4, 0.5) is 11.4 Å². The van der Waals surface area contributed by atoms with Crippen LogP contribution in [0.2, 0.25) is 0 Å². The van der Waals surface area contributed by atoms with Crippen molar-refractivity contribution in [3.63, 3.8) is 0 Å². The van der Waals surface area contributed by atoms with Gasteiger partial charge in [-0.25, -0.2) is 0 Å². The van der Waals surface area contributed by atoms with Crippen LogP contribution < -0.4 is 10.1 Å². The Hall–Kier alpha value is -3.40. The number of carbonyl (C=O) groups excluding carboxylic acids is 1. The lowest BCUT2D eigenvalue weighted by Gasteiger charge is -2.06. The summed E-state index contributed by atoms with van der Waals surface area (Å²) in [4.78, 5) is 22.7. The van der Waals surface area contributed by atoms with Crippen LogP contribution in [0.3, 0.4) is 0 Å². The number of nitrogens with zero attached hydrogens (tertiary/aromatic N) is 3. The Kier molecular flexibility index (Phi) is 6.45. The second-order valence-corrected chi connectivity index (χ2v) is 7.06. The Bertz CT molecular complexity index is 1040. The molecule has 0 unspecified atom stereocenters. The molecule has 9 nitrogen and oxygen atoms in total. The van der Waals surface area contributed by atoms with Crippen LogP contribution in [0.25, 0.3) is 0 Å². The number of hydrogen-bond acceptors (Lipinski definition) is 8. The van der Waals surface area contributed by atoms with Gasteiger partial charge in [0.25, 0.3) is 16.8 Å². The van der Waals surface area contributed by atoms with Gasteiger partial charge in [-0.15, -0.1) is 10.2 Å². The lowest BCUT2D eigenvalue weighted by Crippen LogP contribution is -2.15. The number of nitro benzene ring substituents is 1. The van der Waals surface area contributed by atoms with Crippen molar-refractivity contribution in [1.82, 2.24) is 10.2 Å². The third-order valence-corrected chi connectivity index (χ3v) is 4.66. The molecule has 1 heterocycles. The van der Waals surface area contributed by atoms with Crippen LogP contribution in [0.5, 0.6) is 5.75 Å². The van der Waals surface area contributed by atoms with Crippen molar-refractivity contribution >= 4 is 29.0 Å². The first-order valence-corrected chi connectivity index (χ1v) is 9.59. The first kappa shape index (κ1) is 20.3. The molecule has 0 aliphatic rings. The van der Waals surface area contributed by atoms with Crippen LogP contribution >= 0.6 is 11.8 Å². The average molecular weight is 414 g/mol. The van der Waals surface area contributed by atoms with Gasteiger partial charge in [-0.3, -0.25) is 14.9 Å². The first-order valence-electron chi connectivity index (χ1n) is 8.61. The van der Waals surface area contributed by atoms with E-state index in [2.05, 4.69) is 15.5 Å². The summed E-state index contributed by atoms with van der Waals surface area (Å²) in [5.41, 5.74) is 1.71. The highest BCUT2D eigenvalue weighted by atomic mass is 32.2. The highest BCUT2D eigenvalue weighted by Crippen LogP contribution is 2.26. The molecule has 1 amide bonds. The Morgan fingerprint density at radius 3 is 2.79 bits per heavy atom. The third kappa shape index (κ3) is 5.55. The number of aromatic nitrogens is 2. The molecular weight excluding hydrogens is 396 g/mol. The number of nitrogens with one attached hydrogen (secondary N) is 1. The van der Waals surface area contributed by atoms with E-state index < -0.39 is 10.8 Å². The van der Waals surface area contributed by atoms with Crippen LogP contribution in [0.15, 0.2) is 52.1 Å². The van der Waals surface area contributed by atoms with E-state index in [1.807, 2.05) is 31.2 Å².